The molecule has 5 aliphatic rings. The van der Waals surface area contributed by atoms with E-state index in [0.717, 1.165) is 0 Å². The van der Waals surface area contributed by atoms with Crippen molar-refractivity contribution in [2.24, 2.45) is 11.1 Å². The van der Waals surface area contributed by atoms with Crippen LogP contribution in [0.3, 0.4) is 0 Å². The van der Waals surface area contributed by atoms with Crippen LogP contribution in [0.15, 0.2) is 38.8 Å². The molecule has 14 nitrogen and oxygen atoms in total. The number of hydrogen-bond donors (Lipinski definition) is 0. The van der Waals surface area contributed by atoms with Crippen molar-refractivity contribution in [3.05, 3.63) is 28.7 Å². The van der Waals surface area contributed by atoms with Gasteiger partial charge in [0.05, 0.1) is 16.9 Å². The van der Waals surface area contributed by atoms with Gasteiger partial charge in [-0.05, 0) is 56.2 Å². The van der Waals surface area contributed by atoms with Crippen LogP contribution in [0, 0.1) is 5.92 Å². The lowest BCUT2D eigenvalue weighted by molar-refractivity contribution is -0.233. The summed E-state index contributed by atoms with van der Waals surface area (Å²) in [7, 11) is -5.62. The zero-order valence-electron chi connectivity index (χ0n) is 26.8. The highest BCUT2D eigenvalue weighted by Crippen LogP contribution is 2.48. The van der Waals surface area contributed by atoms with Crippen molar-refractivity contribution in [3.63, 3.8) is 0 Å². The third-order valence-electron chi connectivity index (χ3n) is 9.22. The lowest BCUT2D eigenvalue weighted by atomic mass is 9.85. The van der Waals surface area contributed by atoms with Gasteiger partial charge < -0.3 is 42.4 Å². The first-order valence-corrected chi connectivity index (χ1v) is 20.1. The van der Waals surface area contributed by atoms with Gasteiger partial charge in [0.2, 0.25) is 12.4 Å². The van der Waals surface area contributed by atoms with E-state index in [4.69, 9.17) is 46.6 Å². The van der Waals surface area contributed by atoms with E-state index in [0.29, 0.717) is 10.2 Å². The minimum atomic E-state index is -4.44. The van der Waals surface area contributed by atoms with Crippen molar-refractivity contribution in [1.82, 2.24) is 0 Å². The Hall–Kier alpha value is -1.51. The first kappa shape index (κ1) is 34.4. The first-order valence-electron chi connectivity index (χ1n) is 15.0. The Morgan fingerprint density at radius 1 is 1.04 bits per heavy atom. The summed E-state index contributed by atoms with van der Waals surface area (Å²) in [6.45, 7) is 13.8. The number of carbonyl (C=O) groups excluding carboxylic acids is 1. The smallest absolute Gasteiger partial charge is 0.342 e. The van der Waals surface area contributed by atoms with Crippen LogP contribution in [-0.2, 0) is 61.5 Å². The molecule has 0 unspecified atom stereocenters. The van der Waals surface area contributed by atoms with Crippen LogP contribution >= 0.6 is 15.9 Å². The maximum atomic E-state index is 13.4. The normalized spacial score (nSPS) is 35.7. The lowest BCUT2D eigenvalue weighted by Gasteiger charge is -2.42. The van der Waals surface area contributed by atoms with E-state index in [1.54, 1.807) is 26.0 Å². The summed E-state index contributed by atoms with van der Waals surface area (Å²) in [5.74, 6) is -2.67. The number of esters is 1. The maximum absolute atomic E-state index is 13.4. The van der Waals surface area contributed by atoms with Crippen molar-refractivity contribution < 1.29 is 59.8 Å². The number of halogens is 1. The van der Waals surface area contributed by atoms with Gasteiger partial charge in [-0.1, -0.05) is 41.9 Å². The molecule has 0 amide bonds. The topological polar surface area (TPSA) is 156 Å². The number of fused-ring (bicyclic) bond motifs is 5. The lowest BCUT2D eigenvalue weighted by Crippen LogP contribution is -2.56. The van der Waals surface area contributed by atoms with Gasteiger partial charge in [-0.15, -0.1) is 0 Å². The Morgan fingerprint density at radius 2 is 1.74 bits per heavy atom. The summed E-state index contributed by atoms with van der Waals surface area (Å²) in [4.78, 5) is 19.2. The van der Waals surface area contributed by atoms with Crippen molar-refractivity contribution in [1.29, 1.82) is 0 Å². The molecule has 0 aliphatic carbocycles. The van der Waals surface area contributed by atoms with Crippen LogP contribution in [0.1, 0.15) is 34.6 Å². The van der Waals surface area contributed by atoms with Crippen molar-refractivity contribution in [3.8, 4) is 0 Å². The number of ether oxygens (including phenoxy) is 7. The van der Waals surface area contributed by atoms with E-state index in [1.165, 1.54) is 19.2 Å². The van der Waals surface area contributed by atoms with E-state index in [9.17, 15) is 13.2 Å². The van der Waals surface area contributed by atoms with Crippen LogP contribution in [-0.4, -0.2) is 103 Å². The molecule has 2 bridgehead atoms. The van der Waals surface area contributed by atoms with E-state index in [1.807, 2.05) is 0 Å². The standard InChI is InChI=1S/C29H40BrNO13SSi/c1-28(2,3)46(7,8)44-18(17-21-22(42-31-17)24-27(38-21)41-29(4,5)40-24)16-19-23(25(32)39-26(37-19)20(16)36-13-35-6)43-45(33,34)15-11-9-14(30)10-12-15/h9-12,16,18-24,26-27H,13H2,1-8H3/t16-,18-,19+,20+,21+,22-,23+,24+,26+,27+/m0/s1. The van der Waals surface area contributed by atoms with Gasteiger partial charge in [0.1, 0.15) is 30.8 Å². The number of carbonyl (C=O) groups is 1. The minimum Gasteiger partial charge on any atom is -0.431 e. The van der Waals surface area contributed by atoms with Crippen LogP contribution in [0.2, 0.25) is 18.1 Å². The van der Waals surface area contributed by atoms with E-state index < -0.39 is 91.4 Å². The number of nitrogens with zero attached hydrogens (tertiary/aromatic N) is 1. The van der Waals surface area contributed by atoms with Crippen molar-refractivity contribution >= 4 is 46.0 Å². The molecule has 5 heterocycles. The third kappa shape index (κ3) is 6.21. The number of benzene rings is 1. The number of rotatable bonds is 10. The number of methoxy groups -OCH3 is 1. The Kier molecular flexibility index (Phi) is 9.05. The van der Waals surface area contributed by atoms with Gasteiger partial charge in [0.25, 0.3) is 10.1 Å². The molecule has 6 rings (SSSR count). The van der Waals surface area contributed by atoms with Gasteiger partial charge in [-0.25, -0.2) is 8.98 Å². The molecule has 256 valence electrons. The van der Waals surface area contributed by atoms with E-state index in [-0.39, 0.29) is 16.7 Å². The van der Waals surface area contributed by atoms with E-state index >= 15 is 0 Å². The van der Waals surface area contributed by atoms with Gasteiger partial charge in [0, 0.05) is 11.6 Å². The largest absolute Gasteiger partial charge is 0.431 e. The van der Waals surface area contributed by atoms with Gasteiger partial charge >= 0.3 is 5.97 Å². The summed E-state index contributed by atoms with van der Waals surface area (Å²) in [6.07, 6.45) is -8.60. The molecular weight excluding hydrogens is 710 g/mol. The molecule has 1 aromatic carbocycles. The molecule has 0 N–H and O–H groups in total. The van der Waals surface area contributed by atoms with Gasteiger partial charge in [-0.3, -0.25) is 0 Å². The van der Waals surface area contributed by atoms with Crippen molar-refractivity contribution in [2.45, 2.75) is 119 Å². The first-order chi connectivity index (χ1) is 21.4. The number of hydrogen-bond acceptors (Lipinski definition) is 14. The Bertz CT molecular complexity index is 1470. The summed E-state index contributed by atoms with van der Waals surface area (Å²) < 4.78 is 81.6. The predicted molar refractivity (Wildman–Crippen MR) is 164 cm³/mol. The third-order valence-corrected chi connectivity index (χ3v) is 15.5. The quantitative estimate of drug-likeness (QED) is 0.149. The molecule has 1 aromatic rings. The van der Waals surface area contributed by atoms with Crippen molar-refractivity contribution in [2.75, 3.05) is 13.9 Å². The van der Waals surface area contributed by atoms with Gasteiger partial charge in [-0.2, -0.15) is 8.42 Å². The second-order valence-electron chi connectivity index (χ2n) is 13.9. The zero-order chi connectivity index (χ0) is 33.4. The van der Waals surface area contributed by atoms with Crippen LogP contribution in [0.5, 0.6) is 0 Å². The summed E-state index contributed by atoms with van der Waals surface area (Å²) in [6, 6.07) is 5.83. The highest BCUT2D eigenvalue weighted by molar-refractivity contribution is 9.10. The fourth-order valence-electron chi connectivity index (χ4n) is 5.99. The van der Waals surface area contributed by atoms with Gasteiger partial charge in [0.15, 0.2) is 32.6 Å². The molecule has 0 spiro atoms. The second kappa shape index (κ2) is 12.1. The monoisotopic (exact) mass is 749 g/mol. The molecule has 10 atom stereocenters. The minimum absolute atomic E-state index is 0.147. The molecule has 46 heavy (non-hydrogen) atoms. The zero-order valence-corrected chi connectivity index (χ0v) is 30.2. The molecular formula is C29H40BrNO13SSi. The Labute approximate surface area is 277 Å². The van der Waals surface area contributed by atoms with Crippen LogP contribution in [0.4, 0.5) is 0 Å². The molecule has 0 saturated carbocycles. The highest BCUT2D eigenvalue weighted by atomic mass is 79.9. The summed E-state index contributed by atoms with van der Waals surface area (Å²) in [5.41, 5.74) is 0.378. The predicted octanol–water partition coefficient (Wildman–Crippen LogP) is 3.43. The maximum Gasteiger partial charge on any atom is 0.342 e. The molecule has 0 aromatic heterocycles. The average Bonchev–Trinajstić information content (AvgIpc) is 3.66. The molecule has 4 saturated heterocycles. The van der Waals surface area contributed by atoms with E-state index in [2.05, 4.69) is 55.0 Å². The Morgan fingerprint density at radius 3 is 2.39 bits per heavy atom. The van der Waals surface area contributed by atoms with Crippen LogP contribution < -0.4 is 0 Å². The molecule has 17 heteroatoms. The molecule has 0 radical (unpaired) electrons. The SMILES string of the molecule is COCO[C@H]1[C@H]2OC(=O)[C@H](OS(=O)(=O)c3ccc(Br)cc3)[C@H](O2)[C@@H]1[C@H](O[Si](C)(C)C(C)(C)C)C1=NO[C@@H]2[C@H]3OC(C)(C)O[C@H]3O[C@H]12. The fourth-order valence-corrected chi connectivity index (χ4v) is 8.57. The Balaban J connectivity index is 1.39. The molecule has 5 aliphatic heterocycles. The highest BCUT2D eigenvalue weighted by Gasteiger charge is 2.66. The second-order valence-corrected chi connectivity index (χ2v) is 21.1. The number of oxime groups is 1. The summed E-state index contributed by atoms with van der Waals surface area (Å²) in [5, 5.41) is 4.20. The fraction of sp³-hybridized carbons (Fsp3) is 0.724. The summed E-state index contributed by atoms with van der Waals surface area (Å²) >= 11 is 3.30. The van der Waals surface area contributed by atoms with Crippen LogP contribution in [0.25, 0.3) is 0 Å². The average molecular weight is 751 g/mol. The molecule has 4 fully saturated rings.